The van der Waals surface area contributed by atoms with Crippen molar-refractivity contribution < 1.29 is 4.74 Å². The molecular weight excluding hydrogens is 342 g/mol. The van der Waals surface area contributed by atoms with Crippen molar-refractivity contribution in [2.75, 3.05) is 0 Å². The highest BCUT2D eigenvalue weighted by molar-refractivity contribution is 7.98. The van der Waals surface area contributed by atoms with Gasteiger partial charge in [0.15, 0.2) is 11.0 Å². The van der Waals surface area contributed by atoms with E-state index in [-0.39, 0.29) is 0 Å². The number of ether oxygens (including phenoxy) is 1. The van der Waals surface area contributed by atoms with Crippen molar-refractivity contribution in [3.05, 3.63) is 70.5 Å². The molecule has 0 fully saturated rings. The maximum Gasteiger partial charge on any atom is 0.191 e. The zero-order valence-electron chi connectivity index (χ0n) is 13.6. The van der Waals surface area contributed by atoms with Crippen LogP contribution in [0.5, 0.6) is 5.75 Å². The lowest BCUT2D eigenvalue weighted by Crippen LogP contribution is -2.04. The molecule has 124 valence electrons. The van der Waals surface area contributed by atoms with Gasteiger partial charge < -0.3 is 9.30 Å². The monoisotopic (exact) mass is 359 g/mol. The number of hydrogen-bond donors (Lipinski definition) is 0. The van der Waals surface area contributed by atoms with E-state index in [0.29, 0.717) is 6.61 Å². The molecule has 3 aromatic rings. The molecule has 0 spiro atoms. The molecule has 2 aromatic carbocycles. The lowest BCUT2D eigenvalue weighted by Gasteiger charge is -2.07. The quantitative estimate of drug-likeness (QED) is 0.601. The van der Waals surface area contributed by atoms with E-state index in [2.05, 4.69) is 10.2 Å². The summed E-state index contributed by atoms with van der Waals surface area (Å²) < 4.78 is 7.75. The van der Waals surface area contributed by atoms with E-state index < -0.39 is 0 Å². The number of rotatable bonds is 6. The van der Waals surface area contributed by atoms with Crippen LogP contribution < -0.4 is 4.74 Å². The summed E-state index contributed by atoms with van der Waals surface area (Å²) in [5, 5.41) is 10.1. The Bertz CT molecular complexity index is 835. The highest BCUT2D eigenvalue weighted by atomic mass is 35.5. The van der Waals surface area contributed by atoms with Gasteiger partial charge in [-0.05, 0) is 36.2 Å². The summed E-state index contributed by atoms with van der Waals surface area (Å²) in [6.45, 7) is 2.43. The molecule has 24 heavy (non-hydrogen) atoms. The highest BCUT2D eigenvalue weighted by Crippen LogP contribution is 2.25. The van der Waals surface area contributed by atoms with Crippen LogP contribution in [0.4, 0.5) is 0 Å². The Labute approximate surface area is 150 Å². The number of nitrogens with zero attached hydrogens (tertiary/aromatic N) is 3. The molecule has 0 aliphatic heterocycles. The number of halogens is 1. The topological polar surface area (TPSA) is 39.9 Å². The highest BCUT2D eigenvalue weighted by Gasteiger charge is 2.11. The van der Waals surface area contributed by atoms with Crippen molar-refractivity contribution in [1.29, 1.82) is 0 Å². The molecule has 3 rings (SSSR count). The normalized spacial score (nSPS) is 10.8. The van der Waals surface area contributed by atoms with Gasteiger partial charge in [-0.2, -0.15) is 0 Å². The van der Waals surface area contributed by atoms with Gasteiger partial charge in [-0.15, -0.1) is 10.2 Å². The van der Waals surface area contributed by atoms with Crippen LogP contribution >= 0.6 is 23.4 Å². The first-order valence-electron chi connectivity index (χ1n) is 7.57. The minimum atomic E-state index is 0.388. The Morgan fingerprint density at radius 3 is 2.75 bits per heavy atom. The fourth-order valence-electron chi connectivity index (χ4n) is 2.21. The van der Waals surface area contributed by atoms with Gasteiger partial charge in [0.1, 0.15) is 12.4 Å². The Kier molecular flexibility index (Phi) is 5.43. The molecule has 0 aliphatic carbocycles. The van der Waals surface area contributed by atoms with E-state index in [1.54, 1.807) is 11.8 Å². The van der Waals surface area contributed by atoms with Gasteiger partial charge in [0.2, 0.25) is 0 Å². The van der Waals surface area contributed by atoms with Crippen LogP contribution in [0.1, 0.15) is 17.0 Å². The largest absolute Gasteiger partial charge is 0.486 e. The average Bonchev–Trinajstić information content (AvgIpc) is 2.92. The van der Waals surface area contributed by atoms with Crippen LogP contribution in [0.15, 0.2) is 53.7 Å². The second-order valence-corrected chi connectivity index (χ2v) is 6.79. The van der Waals surface area contributed by atoms with E-state index in [4.69, 9.17) is 16.3 Å². The van der Waals surface area contributed by atoms with E-state index in [1.165, 1.54) is 5.56 Å². The molecule has 1 aromatic heterocycles. The standard InChI is InChI=1S/C18H18ClN3OS/c1-13-6-5-8-15(10-13)23-11-17-20-21-18(22(17)2)24-12-14-7-3-4-9-16(14)19/h3-10H,11-12H2,1-2H3. The van der Waals surface area contributed by atoms with E-state index in [0.717, 1.165) is 33.1 Å². The Morgan fingerprint density at radius 2 is 1.96 bits per heavy atom. The van der Waals surface area contributed by atoms with Gasteiger partial charge >= 0.3 is 0 Å². The predicted octanol–water partition coefficient (Wildman–Crippen LogP) is 4.65. The van der Waals surface area contributed by atoms with Gasteiger partial charge in [0.25, 0.3) is 0 Å². The van der Waals surface area contributed by atoms with Gasteiger partial charge in [-0.3, -0.25) is 0 Å². The Balaban J connectivity index is 1.62. The summed E-state index contributed by atoms with van der Waals surface area (Å²) in [6, 6.07) is 15.8. The summed E-state index contributed by atoms with van der Waals surface area (Å²) in [5.41, 5.74) is 2.26. The molecule has 0 amide bonds. The summed E-state index contributed by atoms with van der Waals surface area (Å²) in [6.07, 6.45) is 0. The third-order valence-electron chi connectivity index (χ3n) is 3.60. The van der Waals surface area contributed by atoms with Crippen LogP contribution in [0.3, 0.4) is 0 Å². The van der Waals surface area contributed by atoms with Crippen molar-refractivity contribution in [1.82, 2.24) is 14.8 Å². The van der Waals surface area contributed by atoms with Crippen molar-refractivity contribution in [2.24, 2.45) is 7.05 Å². The molecule has 0 radical (unpaired) electrons. The molecule has 0 aliphatic rings. The van der Waals surface area contributed by atoms with Crippen molar-refractivity contribution >= 4 is 23.4 Å². The van der Waals surface area contributed by atoms with Crippen LogP contribution in [-0.4, -0.2) is 14.8 Å². The maximum absolute atomic E-state index is 6.19. The van der Waals surface area contributed by atoms with Crippen molar-refractivity contribution in [2.45, 2.75) is 24.4 Å². The molecule has 0 unspecified atom stereocenters. The lowest BCUT2D eigenvalue weighted by atomic mass is 10.2. The Hall–Kier alpha value is -1.98. The number of aryl methyl sites for hydroxylation is 1. The average molecular weight is 360 g/mol. The lowest BCUT2D eigenvalue weighted by molar-refractivity contribution is 0.290. The molecule has 0 N–H and O–H groups in total. The van der Waals surface area contributed by atoms with E-state index >= 15 is 0 Å². The number of thioether (sulfide) groups is 1. The fraction of sp³-hybridized carbons (Fsp3) is 0.222. The molecule has 0 bridgehead atoms. The summed E-state index contributed by atoms with van der Waals surface area (Å²) in [4.78, 5) is 0. The zero-order valence-corrected chi connectivity index (χ0v) is 15.1. The molecular formula is C18H18ClN3OS. The second-order valence-electron chi connectivity index (χ2n) is 5.44. The first-order chi connectivity index (χ1) is 11.6. The molecule has 1 heterocycles. The Morgan fingerprint density at radius 1 is 1.12 bits per heavy atom. The second kappa shape index (κ2) is 7.73. The number of aromatic nitrogens is 3. The third-order valence-corrected chi connectivity index (χ3v) is 5.03. The molecule has 0 saturated carbocycles. The fourth-order valence-corrected chi connectivity index (χ4v) is 3.42. The first-order valence-corrected chi connectivity index (χ1v) is 8.94. The van der Waals surface area contributed by atoms with Gasteiger partial charge in [-0.1, -0.05) is 53.7 Å². The minimum absolute atomic E-state index is 0.388. The smallest absolute Gasteiger partial charge is 0.191 e. The third kappa shape index (κ3) is 4.10. The molecule has 0 saturated heterocycles. The van der Waals surface area contributed by atoms with Gasteiger partial charge in [0, 0.05) is 17.8 Å². The number of hydrogen-bond acceptors (Lipinski definition) is 4. The van der Waals surface area contributed by atoms with Crippen molar-refractivity contribution in [3.63, 3.8) is 0 Å². The predicted molar refractivity (Wildman–Crippen MR) is 97.5 cm³/mol. The van der Waals surface area contributed by atoms with Gasteiger partial charge in [-0.25, -0.2) is 0 Å². The summed E-state index contributed by atoms with van der Waals surface area (Å²) in [5.74, 6) is 2.38. The first kappa shape index (κ1) is 16.9. The van der Waals surface area contributed by atoms with Crippen LogP contribution in [0.25, 0.3) is 0 Å². The zero-order chi connectivity index (χ0) is 16.9. The van der Waals surface area contributed by atoms with Gasteiger partial charge in [0.05, 0.1) is 0 Å². The minimum Gasteiger partial charge on any atom is -0.486 e. The molecule has 0 atom stereocenters. The number of benzene rings is 2. The van der Waals surface area contributed by atoms with E-state index in [9.17, 15) is 0 Å². The maximum atomic E-state index is 6.19. The summed E-state index contributed by atoms with van der Waals surface area (Å²) in [7, 11) is 1.95. The molecule has 4 nitrogen and oxygen atoms in total. The molecule has 6 heteroatoms. The van der Waals surface area contributed by atoms with Crippen molar-refractivity contribution in [3.8, 4) is 5.75 Å². The summed E-state index contributed by atoms with van der Waals surface area (Å²) >= 11 is 7.80. The van der Waals surface area contributed by atoms with E-state index in [1.807, 2.05) is 67.1 Å². The van der Waals surface area contributed by atoms with Crippen LogP contribution in [-0.2, 0) is 19.4 Å². The van der Waals surface area contributed by atoms with Crippen LogP contribution in [0, 0.1) is 6.92 Å². The van der Waals surface area contributed by atoms with Crippen LogP contribution in [0.2, 0.25) is 5.02 Å². The SMILES string of the molecule is Cc1cccc(OCc2nnc(SCc3ccccc3Cl)n2C)c1.